The number of benzene rings is 1. The molecule has 0 radical (unpaired) electrons. The minimum Gasteiger partial charge on any atom is -0.493 e. The molecule has 0 saturated heterocycles. The third-order valence-electron chi connectivity index (χ3n) is 5.32. The first-order valence-electron chi connectivity index (χ1n) is 9.47. The van der Waals surface area contributed by atoms with Crippen LogP contribution in [0.25, 0.3) is 0 Å². The number of carbonyl (C=O) groups is 1. The van der Waals surface area contributed by atoms with Crippen molar-refractivity contribution >= 4 is 14.6 Å². The van der Waals surface area contributed by atoms with Gasteiger partial charge < -0.3 is 23.4 Å². The van der Waals surface area contributed by atoms with Gasteiger partial charge in [0.2, 0.25) is 0 Å². The summed E-state index contributed by atoms with van der Waals surface area (Å²) in [6, 6.07) is 5.74. The van der Waals surface area contributed by atoms with E-state index in [1.54, 1.807) is 14.2 Å². The Morgan fingerprint density at radius 2 is 1.74 bits per heavy atom. The van der Waals surface area contributed by atoms with Gasteiger partial charge in [0.1, 0.15) is 6.29 Å². The summed E-state index contributed by atoms with van der Waals surface area (Å²) in [4.78, 5) is 11.3. The van der Waals surface area contributed by atoms with Crippen LogP contribution in [0.15, 0.2) is 18.2 Å². The predicted molar refractivity (Wildman–Crippen MR) is 111 cm³/mol. The maximum atomic E-state index is 11.3. The number of rotatable bonds is 11. The lowest BCUT2D eigenvalue weighted by Crippen LogP contribution is -2.46. The first-order chi connectivity index (χ1) is 12.6. The molecule has 1 aromatic rings. The molecule has 0 aliphatic heterocycles. The molecule has 0 N–H and O–H groups in total. The number of hydrogen-bond acceptors (Lipinski definition) is 5. The summed E-state index contributed by atoms with van der Waals surface area (Å²) in [5.74, 6) is 1.24. The van der Waals surface area contributed by atoms with Crippen molar-refractivity contribution in [3.63, 3.8) is 0 Å². The standard InChI is InChI=1S/C21H36O5Si/c1-16(14-22)18(26-27(7,8)21(2,3)4)11-12-25-15-17-9-10-19(23-5)20(13-17)24-6/h9-10,13-14,16,18H,11-12,15H2,1-8H3/t16-,18-/m1/s1. The topological polar surface area (TPSA) is 54.0 Å². The Morgan fingerprint density at radius 3 is 2.26 bits per heavy atom. The molecule has 1 rings (SSSR count). The first kappa shape index (κ1) is 23.7. The van der Waals surface area contributed by atoms with Gasteiger partial charge >= 0.3 is 0 Å². The van der Waals surface area contributed by atoms with Crippen LogP contribution >= 0.6 is 0 Å². The zero-order valence-corrected chi connectivity index (χ0v) is 19.1. The van der Waals surface area contributed by atoms with Gasteiger partial charge in [-0.15, -0.1) is 0 Å². The van der Waals surface area contributed by atoms with Crippen molar-refractivity contribution in [1.29, 1.82) is 0 Å². The van der Waals surface area contributed by atoms with Crippen LogP contribution in [0.3, 0.4) is 0 Å². The lowest BCUT2D eigenvalue weighted by Gasteiger charge is -2.40. The van der Waals surface area contributed by atoms with Crippen molar-refractivity contribution in [1.82, 2.24) is 0 Å². The quantitative estimate of drug-likeness (QED) is 0.304. The minimum atomic E-state index is -1.94. The zero-order chi connectivity index (χ0) is 20.7. The number of methoxy groups -OCH3 is 2. The summed E-state index contributed by atoms with van der Waals surface area (Å²) < 4.78 is 22.9. The molecule has 0 aliphatic rings. The summed E-state index contributed by atoms with van der Waals surface area (Å²) in [5.41, 5.74) is 1.01. The highest BCUT2D eigenvalue weighted by Gasteiger charge is 2.40. The van der Waals surface area contributed by atoms with Gasteiger partial charge in [-0.2, -0.15) is 0 Å². The molecule has 0 fully saturated rings. The van der Waals surface area contributed by atoms with E-state index < -0.39 is 8.32 Å². The van der Waals surface area contributed by atoms with E-state index in [-0.39, 0.29) is 17.1 Å². The van der Waals surface area contributed by atoms with E-state index in [2.05, 4.69) is 33.9 Å². The molecule has 154 valence electrons. The third-order valence-corrected chi connectivity index (χ3v) is 9.82. The molecule has 0 spiro atoms. The lowest BCUT2D eigenvalue weighted by atomic mass is 10.0. The SMILES string of the molecule is COc1ccc(COCC[C@@H](O[Si](C)(C)C(C)(C)C)[C@H](C)C=O)cc1OC. The van der Waals surface area contributed by atoms with Crippen molar-refractivity contribution in [2.24, 2.45) is 5.92 Å². The van der Waals surface area contributed by atoms with E-state index in [0.717, 1.165) is 11.8 Å². The Bertz CT molecular complexity index is 595. The van der Waals surface area contributed by atoms with Crippen LogP contribution in [0.1, 0.15) is 39.7 Å². The fraction of sp³-hybridized carbons (Fsp3) is 0.667. The smallest absolute Gasteiger partial charge is 0.192 e. The van der Waals surface area contributed by atoms with E-state index >= 15 is 0 Å². The summed E-state index contributed by atoms with van der Waals surface area (Å²) in [6.45, 7) is 14.0. The van der Waals surface area contributed by atoms with E-state index in [0.29, 0.717) is 31.1 Å². The van der Waals surface area contributed by atoms with Crippen molar-refractivity contribution in [2.45, 2.75) is 65.0 Å². The molecule has 0 bridgehead atoms. The van der Waals surface area contributed by atoms with Gasteiger partial charge in [0, 0.05) is 12.5 Å². The molecular formula is C21H36O5Si. The monoisotopic (exact) mass is 396 g/mol. The average molecular weight is 397 g/mol. The molecule has 0 amide bonds. The van der Waals surface area contributed by atoms with Crippen LogP contribution in [0.2, 0.25) is 18.1 Å². The van der Waals surface area contributed by atoms with Gasteiger partial charge in [-0.3, -0.25) is 0 Å². The van der Waals surface area contributed by atoms with Gasteiger partial charge in [-0.25, -0.2) is 0 Å². The minimum absolute atomic E-state index is 0.106. The van der Waals surface area contributed by atoms with E-state index in [1.807, 2.05) is 25.1 Å². The molecule has 0 aromatic heterocycles. The van der Waals surface area contributed by atoms with Gasteiger partial charge in [-0.05, 0) is 42.2 Å². The second-order valence-corrected chi connectivity index (χ2v) is 13.2. The van der Waals surface area contributed by atoms with E-state index in [9.17, 15) is 4.79 Å². The summed E-state index contributed by atoms with van der Waals surface area (Å²) in [5, 5.41) is 0.106. The van der Waals surface area contributed by atoms with Gasteiger partial charge in [0.15, 0.2) is 19.8 Å². The summed E-state index contributed by atoms with van der Waals surface area (Å²) in [7, 11) is 1.29. The van der Waals surface area contributed by atoms with Crippen LogP contribution < -0.4 is 9.47 Å². The molecule has 0 heterocycles. The molecule has 2 atom stereocenters. The van der Waals surface area contributed by atoms with Gasteiger partial charge in [-0.1, -0.05) is 33.8 Å². The van der Waals surface area contributed by atoms with Crippen LogP contribution in [0, 0.1) is 5.92 Å². The first-order valence-corrected chi connectivity index (χ1v) is 12.4. The number of hydrogen-bond donors (Lipinski definition) is 0. The molecule has 1 aromatic carbocycles. The highest BCUT2D eigenvalue weighted by Crippen LogP contribution is 2.38. The highest BCUT2D eigenvalue weighted by molar-refractivity contribution is 6.74. The van der Waals surface area contributed by atoms with Crippen molar-refractivity contribution < 1.29 is 23.4 Å². The Labute approximate surface area is 165 Å². The number of ether oxygens (including phenoxy) is 3. The summed E-state index contributed by atoms with van der Waals surface area (Å²) in [6.07, 6.45) is 1.56. The predicted octanol–water partition coefficient (Wildman–Crippen LogP) is 4.84. The normalized spacial score (nSPS) is 14.5. The zero-order valence-electron chi connectivity index (χ0n) is 18.1. The van der Waals surface area contributed by atoms with Crippen LogP contribution in [0.5, 0.6) is 11.5 Å². The van der Waals surface area contributed by atoms with Crippen molar-refractivity contribution in [2.75, 3.05) is 20.8 Å². The second-order valence-electron chi connectivity index (χ2n) is 8.44. The van der Waals surface area contributed by atoms with Crippen molar-refractivity contribution in [3.8, 4) is 11.5 Å². The Balaban J connectivity index is 2.63. The maximum absolute atomic E-state index is 11.3. The Kier molecular flexibility index (Phi) is 8.98. The molecule has 27 heavy (non-hydrogen) atoms. The Hall–Kier alpha value is -1.37. The van der Waals surface area contributed by atoms with Crippen LogP contribution in [0.4, 0.5) is 0 Å². The van der Waals surface area contributed by atoms with E-state index in [4.69, 9.17) is 18.6 Å². The Morgan fingerprint density at radius 1 is 1.11 bits per heavy atom. The maximum Gasteiger partial charge on any atom is 0.192 e. The largest absolute Gasteiger partial charge is 0.493 e. The third kappa shape index (κ3) is 6.94. The summed E-state index contributed by atoms with van der Waals surface area (Å²) >= 11 is 0. The van der Waals surface area contributed by atoms with Gasteiger partial charge in [0.25, 0.3) is 0 Å². The number of aldehydes is 1. The van der Waals surface area contributed by atoms with Gasteiger partial charge in [0.05, 0.1) is 26.9 Å². The molecule has 0 saturated carbocycles. The molecule has 0 unspecified atom stereocenters. The van der Waals surface area contributed by atoms with Crippen LogP contribution in [-0.2, 0) is 20.6 Å². The van der Waals surface area contributed by atoms with E-state index in [1.165, 1.54) is 0 Å². The average Bonchev–Trinajstić information content (AvgIpc) is 2.62. The second kappa shape index (κ2) is 10.2. The van der Waals surface area contributed by atoms with Crippen LogP contribution in [-0.4, -0.2) is 41.5 Å². The lowest BCUT2D eigenvalue weighted by molar-refractivity contribution is -0.113. The fourth-order valence-electron chi connectivity index (χ4n) is 2.43. The highest BCUT2D eigenvalue weighted by atomic mass is 28.4. The molecule has 6 heteroatoms. The molecule has 5 nitrogen and oxygen atoms in total. The fourth-order valence-corrected chi connectivity index (χ4v) is 3.87. The van der Waals surface area contributed by atoms with Crippen molar-refractivity contribution in [3.05, 3.63) is 23.8 Å². The molecular weight excluding hydrogens is 360 g/mol. The number of carbonyl (C=O) groups excluding carboxylic acids is 1. The molecule has 0 aliphatic carbocycles.